The number of nitrogens with zero attached hydrogens (tertiary/aromatic N) is 1. The van der Waals surface area contributed by atoms with Crippen molar-refractivity contribution in [2.24, 2.45) is 0 Å². The highest BCUT2D eigenvalue weighted by molar-refractivity contribution is 7.15. The average Bonchev–Trinajstić information content (AvgIpc) is 3.36. The van der Waals surface area contributed by atoms with E-state index >= 15 is 0 Å². The van der Waals surface area contributed by atoms with Crippen LogP contribution in [-0.4, -0.2) is 26.0 Å². The molecule has 1 aliphatic rings. The van der Waals surface area contributed by atoms with Crippen LogP contribution in [0.15, 0.2) is 42.6 Å². The van der Waals surface area contributed by atoms with E-state index in [0.29, 0.717) is 19.1 Å². The number of thiazole rings is 1. The molecule has 0 amide bonds. The molecule has 2 heterocycles. The minimum absolute atomic E-state index is 0.296. The predicted molar refractivity (Wildman–Crippen MR) is 104 cm³/mol. The molecule has 0 fully saturated rings. The van der Waals surface area contributed by atoms with Gasteiger partial charge in [0.1, 0.15) is 5.01 Å². The number of rotatable bonds is 7. The topological polar surface area (TPSA) is 61.8 Å². The quantitative estimate of drug-likeness (QED) is 0.668. The molecule has 0 saturated carbocycles. The lowest BCUT2D eigenvalue weighted by molar-refractivity contribution is 0.174. The molecule has 7 heteroatoms. The number of ether oxygens (including phenoxy) is 4. The summed E-state index contributed by atoms with van der Waals surface area (Å²) in [6.07, 6.45) is 1.89. The maximum Gasteiger partial charge on any atom is 0.231 e. The summed E-state index contributed by atoms with van der Waals surface area (Å²) >= 11 is 1.66. The fraction of sp³-hybridized carbons (Fsp3) is 0.250. The van der Waals surface area contributed by atoms with E-state index in [1.807, 2.05) is 42.6 Å². The number of fused-ring (bicyclic) bond motifs is 1. The van der Waals surface area contributed by atoms with Crippen LogP contribution in [0.3, 0.4) is 0 Å². The second-order valence-corrected chi connectivity index (χ2v) is 7.09. The first-order valence-electron chi connectivity index (χ1n) is 8.53. The molecule has 1 aliphatic heterocycles. The highest BCUT2D eigenvalue weighted by Crippen LogP contribution is 2.35. The summed E-state index contributed by atoms with van der Waals surface area (Å²) in [6, 6.07) is 11.9. The van der Waals surface area contributed by atoms with Gasteiger partial charge in [-0.2, -0.15) is 0 Å². The molecule has 0 aliphatic carbocycles. The van der Waals surface area contributed by atoms with Crippen molar-refractivity contribution >= 4 is 11.3 Å². The molecule has 0 bridgehead atoms. The van der Waals surface area contributed by atoms with Crippen LogP contribution in [0, 0.1) is 0 Å². The number of hydrogen-bond acceptors (Lipinski definition) is 7. The maximum atomic E-state index is 5.41. The molecule has 0 unspecified atom stereocenters. The first-order chi connectivity index (χ1) is 13.3. The summed E-state index contributed by atoms with van der Waals surface area (Å²) in [4.78, 5) is 5.61. The van der Waals surface area contributed by atoms with Crippen molar-refractivity contribution in [3.63, 3.8) is 0 Å². The molecule has 6 nitrogen and oxygen atoms in total. The van der Waals surface area contributed by atoms with Gasteiger partial charge in [0.25, 0.3) is 0 Å². The van der Waals surface area contributed by atoms with E-state index in [2.05, 4.69) is 10.3 Å². The molecule has 2 aromatic carbocycles. The molecule has 0 saturated heterocycles. The van der Waals surface area contributed by atoms with E-state index in [1.165, 1.54) is 0 Å². The van der Waals surface area contributed by atoms with Gasteiger partial charge in [0, 0.05) is 19.3 Å². The van der Waals surface area contributed by atoms with Gasteiger partial charge in [-0.15, -0.1) is 11.3 Å². The second-order valence-electron chi connectivity index (χ2n) is 5.98. The molecular formula is C20H20N2O4S. The predicted octanol–water partition coefficient (Wildman–Crippen LogP) is 3.85. The summed E-state index contributed by atoms with van der Waals surface area (Å²) < 4.78 is 21.4. The van der Waals surface area contributed by atoms with Crippen molar-refractivity contribution in [1.29, 1.82) is 0 Å². The first-order valence-corrected chi connectivity index (χ1v) is 9.35. The fourth-order valence-corrected chi connectivity index (χ4v) is 3.76. The van der Waals surface area contributed by atoms with Gasteiger partial charge in [-0.1, -0.05) is 6.07 Å². The number of hydrogen-bond donors (Lipinski definition) is 1. The second kappa shape index (κ2) is 7.85. The summed E-state index contributed by atoms with van der Waals surface area (Å²) in [5, 5.41) is 4.45. The van der Waals surface area contributed by atoms with Crippen LogP contribution in [-0.2, 0) is 13.1 Å². The van der Waals surface area contributed by atoms with Crippen LogP contribution in [0.25, 0.3) is 10.4 Å². The highest BCUT2D eigenvalue weighted by Gasteiger charge is 2.13. The standard InChI is InChI=1S/C20H20N2O4S/c1-23-15-6-4-14(8-17(15)24-2)19-10-22-20(27-19)11-21-9-13-3-5-16-18(7-13)26-12-25-16/h3-8,10,21H,9,11-12H2,1-2H3. The van der Waals surface area contributed by atoms with Crippen molar-refractivity contribution in [2.75, 3.05) is 21.0 Å². The van der Waals surface area contributed by atoms with E-state index in [-0.39, 0.29) is 0 Å². The lowest BCUT2D eigenvalue weighted by atomic mass is 10.2. The maximum absolute atomic E-state index is 5.41. The van der Waals surface area contributed by atoms with Gasteiger partial charge in [0.2, 0.25) is 6.79 Å². The monoisotopic (exact) mass is 384 g/mol. The molecular weight excluding hydrogens is 364 g/mol. The molecule has 3 aromatic rings. The Labute approximate surface area is 161 Å². The minimum Gasteiger partial charge on any atom is -0.493 e. The van der Waals surface area contributed by atoms with Crippen molar-refractivity contribution < 1.29 is 18.9 Å². The Morgan fingerprint density at radius 3 is 2.70 bits per heavy atom. The first kappa shape index (κ1) is 17.6. The van der Waals surface area contributed by atoms with Crippen molar-refractivity contribution in [3.05, 3.63) is 53.2 Å². The highest BCUT2D eigenvalue weighted by atomic mass is 32.1. The molecule has 1 aromatic heterocycles. The molecule has 1 N–H and O–H groups in total. The Morgan fingerprint density at radius 2 is 1.85 bits per heavy atom. The Morgan fingerprint density at radius 1 is 1.00 bits per heavy atom. The Kier molecular flexibility index (Phi) is 5.13. The molecule has 0 atom stereocenters. The van der Waals surface area contributed by atoms with Gasteiger partial charge < -0.3 is 24.3 Å². The molecule has 0 radical (unpaired) electrons. The largest absolute Gasteiger partial charge is 0.493 e. The zero-order valence-corrected chi connectivity index (χ0v) is 16.0. The molecule has 27 heavy (non-hydrogen) atoms. The zero-order chi connectivity index (χ0) is 18.6. The van der Waals surface area contributed by atoms with Gasteiger partial charge in [-0.25, -0.2) is 4.98 Å². The van der Waals surface area contributed by atoms with E-state index in [1.54, 1.807) is 25.6 Å². The van der Waals surface area contributed by atoms with Gasteiger partial charge in [-0.3, -0.25) is 0 Å². The number of benzene rings is 2. The van der Waals surface area contributed by atoms with Crippen molar-refractivity contribution in [2.45, 2.75) is 13.1 Å². The van der Waals surface area contributed by atoms with Crippen LogP contribution in [0.4, 0.5) is 0 Å². The number of aromatic nitrogens is 1. The van der Waals surface area contributed by atoms with Gasteiger partial charge in [0.15, 0.2) is 23.0 Å². The van der Waals surface area contributed by atoms with Crippen molar-refractivity contribution in [3.8, 4) is 33.4 Å². The smallest absolute Gasteiger partial charge is 0.231 e. The Hall–Kier alpha value is -2.77. The normalized spacial score (nSPS) is 12.2. The minimum atomic E-state index is 0.296. The summed E-state index contributed by atoms with van der Waals surface area (Å²) in [7, 11) is 3.27. The van der Waals surface area contributed by atoms with Crippen molar-refractivity contribution in [1.82, 2.24) is 10.3 Å². The van der Waals surface area contributed by atoms with E-state index < -0.39 is 0 Å². The lowest BCUT2D eigenvalue weighted by Gasteiger charge is -2.08. The SMILES string of the molecule is COc1ccc(-c2cnc(CNCc3ccc4c(c3)OCO4)s2)cc1OC. The summed E-state index contributed by atoms with van der Waals surface area (Å²) in [5.74, 6) is 3.04. The third-order valence-corrected chi connectivity index (χ3v) is 5.31. The third-order valence-electron chi connectivity index (χ3n) is 4.26. The number of methoxy groups -OCH3 is 2. The van der Waals surface area contributed by atoms with Gasteiger partial charge in [-0.05, 0) is 41.5 Å². The average molecular weight is 384 g/mol. The van der Waals surface area contributed by atoms with Gasteiger partial charge >= 0.3 is 0 Å². The van der Waals surface area contributed by atoms with Crippen LogP contribution in [0.1, 0.15) is 10.6 Å². The Balaban J connectivity index is 1.38. The zero-order valence-electron chi connectivity index (χ0n) is 15.2. The molecule has 140 valence electrons. The fourth-order valence-electron chi connectivity index (χ4n) is 2.88. The Bertz CT molecular complexity index is 941. The van der Waals surface area contributed by atoms with Gasteiger partial charge in [0.05, 0.1) is 19.1 Å². The summed E-state index contributed by atoms with van der Waals surface area (Å²) in [6.45, 7) is 1.73. The lowest BCUT2D eigenvalue weighted by Crippen LogP contribution is -2.12. The van der Waals surface area contributed by atoms with E-state index in [9.17, 15) is 0 Å². The number of nitrogens with one attached hydrogen (secondary N) is 1. The van der Waals surface area contributed by atoms with Crippen LogP contribution < -0.4 is 24.3 Å². The van der Waals surface area contributed by atoms with E-state index in [0.717, 1.165) is 44.8 Å². The third kappa shape index (κ3) is 3.84. The molecule has 0 spiro atoms. The molecule has 4 rings (SSSR count). The summed E-state index contributed by atoms with van der Waals surface area (Å²) in [5.41, 5.74) is 2.21. The van der Waals surface area contributed by atoms with E-state index in [4.69, 9.17) is 18.9 Å². The van der Waals surface area contributed by atoms with Crippen LogP contribution >= 0.6 is 11.3 Å². The van der Waals surface area contributed by atoms with Crippen LogP contribution in [0.5, 0.6) is 23.0 Å². The van der Waals surface area contributed by atoms with Crippen LogP contribution in [0.2, 0.25) is 0 Å².